The van der Waals surface area contributed by atoms with Gasteiger partial charge in [0.15, 0.2) is 0 Å². The van der Waals surface area contributed by atoms with Crippen molar-refractivity contribution in [2.45, 2.75) is 64.0 Å². The summed E-state index contributed by atoms with van der Waals surface area (Å²) in [6, 6.07) is -0.246. The maximum Gasteiger partial charge on any atom is 0.248 e. The highest BCUT2D eigenvalue weighted by Crippen LogP contribution is 2.33. The van der Waals surface area contributed by atoms with Gasteiger partial charge in [-0.05, 0) is 38.4 Å². The van der Waals surface area contributed by atoms with Gasteiger partial charge in [-0.2, -0.15) is 11.8 Å². The predicted octanol–water partition coefficient (Wildman–Crippen LogP) is 2.43. The first-order valence-electron chi connectivity index (χ1n) is 8.15. The molecule has 2 fully saturated rings. The average molecular weight is 312 g/mol. The van der Waals surface area contributed by atoms with Gasteiger partial charge in [-0.3, -0.25) is 9.59 Å². The van der Waals surface area contributed by atoms with Gasteiger partial charge < -0.3 is 10.2 Å². The number of carbonyl (C=O) groups is 2. The molecule has 1 heterocycles. The first kappa shape index (κ1) is 16.7. The van der Waals surface area contributed by atoms with E-state index in [9.17, 15) is 9.59 Å². The van der Waals surface area contributed by atoms with Gasteiger partial charge in [0.1, 0.15) is 11.6 Å². The Balaban J connectivity index is 2.23. The molecule has 2 atom stereocenters. The summed E-state index contributed by atoms with van der Waals surface area (Å²) < 4.78 is 0. The van der Waals surface area contributed by atoms with Crippen molar-refractivity contribution in [3.8, 4) is 0 Å². The number of rotatable bonds is 5. The maximum absolute atomic E-state index is 12.9. The molecule has 2 amide bonds. The van der Waals surface area contributed by atoms with Gasteiger partial charge in [0.2, 0.25) is 11.8 Å². The highest BCUT2D eigenvalue weighted by Gasteiger charge is 2.49. The molecule has 120 valence electrons. The second kappa shape index (κ2) is 7.03. The van der Waals surface area contributed by atoms with E-state index >= 15 is 0 Å². The van der Waals surface area contributed by atoms with Crippen LogP contribution in [0.5, 0.6) is 0 Å². The van der Waals surface area contributed by atoms with Crippen LogP contribution in [0.15, 0.2) is 0 Å². The van der Waals surface area contributed by atoms with Gasteiger partial charge in [0.25, 0.3) is 0 Å². The quantitative estimate of drug-likeness (QED) is 0.848. The van der Waals surface area contributed by atoms with Crippen LogP contribution in [0.2, 0.25) is 0 Å². The van der Waals surface area contributed by atoms with Crippen molar-refractivity contribution in [1.29, 1.82) is 0 Å². The Hall–Kier alpha value is -0.710. The maximum atomic E-state index is 12.9. The van der Waals surface area contributed by atoms with Gasteiger partial charge in [0, 0.05) is 12.3 Å². The first-order chi connectivity index (χ1) is 10.0. The van der Waals surface area contributed by atoms with Crippen molar-refractivity contribution < 1.29 is 9.59 Å². The van der Waals surface area contributed by atoms with Gasteiger partial charge in [-0.25, -0.2) is 0 Å². The molecule has 1 N–H and O–H groups in total. The number of thioether (sulfide) groups is 1. The highest BCUT2D eigenvalue weighted by atomic mass is 32.2. The SMILES string of the molecule is CCC1(C)NC(=O)C(C2CCCCC2)N(CCSC)C1=O. The molecule has 5 heteroatoms. The summed E-state index contributed by atoms with van der Waals surface area (Å²) in [4.78, 5) is 27.4. The lowest BCUT2D eigenvalue weighted by atomic mass is 9.80. The van der Waals surface area contributed by atoms with Gasteiger partial charge in [-0.15, -0.1) is 0 Å². The number of nitrogens with one attached hydrogen (secondary N) is 1. The molecule has 1 aliphatic heterocycles. The van der Waals surface area contributed by atoms with Crippen LogP contribution in [0.3, 0.4) is 0 Å². The number of nitrogens with zero attached hydrogens (tertiary/aromatic N) is 1. The minimum absolute atomic E-state index is 0.0620. The molecule has 21 heavy (non-hydrogen) atoms. The zero-order chi connectivity index (χ0) is 15.5. The molecule has 1 saturated carbocycles. The molecule has 4 nitrogen and oxygen atoms in total. The Morgan fingerprint density at radius 1 is 1.29 bits per heavy atom. The highest BCUT2D eigenvalue weighted by molar-refractivity contribution is 7.98. The van der Waals surface area contributed by atoms with Crippen molar-refractivity contribution >= 4 is 23.6 Å². The standard InChI is InChI=1S/C16H28N2O2S/c1-4-16(2)15(20)18(10-11-21-3)13(14(19)17-16)12-8-6-5-7-9-12/h12-13H,4-11H2,1-3H3,(H,17,19). The third-order valence-electron chi connectivity index (χ3n) is 5.08. The lowest BCUT2D eigenvalue weighted by molar-refractivity contribution is -0.157. The fourth-order valence-corrected chi connectivity index (χ4v) is 3.95. The lowest BCUT2D eigenvalue weighted by Crippen LogP contribution is -2.70. The molecule has 0 radical (unpaired) electrons. The van der Waals surface area contributed by atoms with Crippen LogP contribution in [-0.4, -0.2) is 46.8 Å². The second-order valence-electron chi connectivity index (χ2n) is 6.51. The van der Waals surface area contributed by atoms with Crippen LogP contribution in [-0.2, 0) is 9.59 Å². The minimum atomic E-state index is -0.722. The van der Waals surface area contributed by atoms with Crippen molar-refractivity contribution in [3.63, 3.8) is 0 Å². The molecule has 0 bridgehead atoms. The molecule has 2 unspecified atom stereocenters. The Morgan fingerprint density at radius 3 is 2.52 bits per heavy atom. The van der Waals surface area contributed by atoms with Crippen LogP contribution in [0.1, 0.15) is 52.4 Å². The molecule has 0 aromatic rings. The van der Waals surface area contributed by atoms with E-state index in [-0.39, 0.29) is 17.9 Å². The average Bonchev–Trinajstić information content (AvgIpc) is 2.50. The second-order valence-corrected chi connectivity index (χ2v) is 7.49. The molecule has 1 saturated heterocycles. The van der Waals surface area contributed by atoms with Gasteiger partial charge in [0.05, 0.1) is 0 Å². The molecule has 0 spiro atoms. The zero-order valence-corrected chi connectivity index (χ0v) is 14.3. The van der Waals surface area contributed by atoms with Crippen LogP contribution in [0.25, 0.3) is 0 Å². The van der Waals surface area contributed by atoms with E-state index in [1.807, 2.05) is 25.0 Å². The van der Waals surface area contributed by atoms with E-state index < -0.39 is 5.54 Å². The van der Waals surface area contributed by atoms with Crippen molar-refractivity contribution in [1.82, 2.24) is 10.2 Å². The monoisotopic (exact) mass is 312 g/mol. The van der Waals surface area contributed by atoms with Crippen molar-refractivity contribution in [2.75, 3.05) is 18.6 Å². The molecule has 0 aromatic heterocycles. The third kappa shape index (κ3) is 3.38. The van der Waals surface area contributed by atoms with Crippen LogP contribution >= 0.6 is 11.8 Å². The number of carbonyl (C=O) groups excluding carboxylic acids is 2. The van der Waals surface area contributed by atoms with E-state index in [4.69, 9.17) is 0 Å². The summed E-state index contributed by atoms with van der Waals surface area (Å²) in [6.07, 6.45) is 8.46. The first-order valence-corrected chi connectivity index (χ1v) is 9.55. The normalized spacial score (nSPS) is 31.4. The predicted molar refractivity (Wildman–Crippen MR) is 87.3 cm³/mol. The van der Waals surface area contributed by atoms with Gasteiger partial charge >= 0.3 is 0 Å². The van der Waals surface area contributed by atoms with Crippen LogP contribution < -0.4 is 5.32 Å². The largest absolute Gasteiger partial charge is 0.340 e. The fraction of sp³-hybridized carbons (Fsp3) is 0.875. The van der Waals surface area contributed by atoms with Crippen molar-refractivity contribution in [3.05, 3.63) is 0 Å². The summed E-state index contributed by atoms with van der Waals surface area (Å²) in [5.41, 5.74) is -0.722. The summed E-state index contributed by atoms with van der Waals surface area (Å²) in [5, 5.41) is 3.01. The summed E-state index contributed by atoms with van der Waals surface area (Å²) >= 11 is 1.73. The molecular formula is C16H28N2O2S. The summed E-state index contributed by atoms with van der Waals surface area (Å²) in [5.74, 6) is 1.40. The van der Waals surface area contributed by atoms with Crippen molar-refractivity contribution in [2.24, 2.45) is 5.92 Å². The molecule has 0 aromatic carbocycles. The van der Waals surface area contributed by atoms with Crippen LogP contribution in [0.4, 0.5) is 0 Å². The Kier molecular flexibility index (Phi) is 5.58. The van der Waals surface area contributed by atoms with E-state index in [0.29, 0.717) is 18.9 Å². The van der Waals surface area contributed by atoms with E-state index in [0.717, 1.165) is 18.6 Å². The molecular weight excluding hydrogens is 284 g/mol. The number of amides is 2. The van der Waals surface area contributed by atoms with Crippen LogP contribution in [0, 0.1) is 5.92 Å². The number of hydrogen-bond acceptors (Lipinski definition) is 3. The number of hydrogen-bond donors (Lipinski definition) is 1. The topological polar surface area (TPSA) is 49.4 Å². The van der Waals surface area contributed by atoms with E-state index in [2.05, 4.69) is 5.32 Å². The third-order valence-corrected chi connectivity index (χ3v) is 5.67. The van der Waals surface area contributed by atoms with E-state index in [1.54, 1.807) is 11.8 Å². The minimum Gasteiger partial charge on any atom is -0.340 e. The van der Waals surface area contributed by atoms with E-state index in [1.165, 1.54) is 19.3 Å². The number of piperazine rings is 1. The smallest absolute Gasteiger partial charge is 0.248 e. The Bertz CT molecular complexity index is 396. The lowest BCUT2D eigenvalue weighted by Gasteiger charge is -2.47. The molecule has 2 rings (SSSR count). The molecule has 2 aliphatic rings. The fourth-order valence-electron chi connectivity index (χ4n) is 3.57. The Labute approximate surface area is 132 Å². The Morgan fingerprint density at radius 2 is 1.95 bits per heavy atom. The molecule has 1 aliphatic carbocycles. The summed E-state index contributed by atoms with van der Waals surface area (Å²) in [6.45, 7) is 4.51. The summed E-state index contributed by atoms with van der Waals surface area (Å²) in [7, 11) is 0. The van der Waals surface area contributed by atoms with Gasteiger partial charge in [-0.1, -0.05) is 26.2 Å². The zero-order valence-electron chi connectivity index (χ0n) is 13.5.